The number of hydrogen-bond acceptors (Lipinski definition) is 7. The Morgan fingerprint density at radius 2 is 1.78 bits per heavy atom. The van der Waals surface area contributed by atoms with Crippen LogP contribution in [-0.4, -0.2) is 32.0 Å². The fraction of sp³-hybridized carbons (Fsp3) is 0.100. The van der Waals surface area contributed by atoms with Gasteiger partial charge in [-0.2, -0.15) is 4.37 Å². The summed E-state index contributed by atoms with van der Waals surface area (Å²) >= 11 is 1.23. The zero-order valence-electron chi connectivity index (χ0n) is 14.4. The number of fused-ring (bicyclic) bond motifs is 1. The Labute approximate surface area is 159 Å². The summed E-state index contributed by atoms with van der Waals surface area (Å²) in [4.78, 5) is 20.8. The molecule has 3 heterocycles. The van der Waals surface area contributed by atoms with E-state index in [1.54, 1.807) is 31.5 Å². The molecule has 0 saturated heterocycles. The van der Waals surface area contributed by atoms with Gasteiger partial charge in [-0.1, -0.05) is 30.3 Å². The van der Waals surface area contributed by atoms with Crippen LogP contribution in [0.5, 0.6) is 5.75 Å². The van der Waals surface area contributed by atoms with Crippen LogP contribution in [0.15, 0.2) is 54.9 Å². The maximum absolute atomic E-state index is 12.4. The van der Waals surface area contributed by atoms with E-state index in [9.17, 15) is 9.90 Å². The zero-order chi connectivity index (χ0) is 18.8. The van der Waals surface area contributed by atoms with Gasteiger partial charge in [0.05, 0.1) is 28.1 Å². The SMILES string of the molecule is CCOC(=O)c1nc(-c2ccncc2)c2snc(-c3ccccc3)c2c1O. The Morgan fingerprint density at radius 1 is 1.07 bits per heavy atom. The predicted molar refractivity (Wildman–Crippen MR) is 104 cm³/mol. The molecule has 6 nitrogen and oxygen atoms in total. The summed E-state index contributed by atoms with van der Waals surface area (Å²) in [5.41, 5.74) is 2.68. The largest absolute Gasteiger partial charge is 0.505 e. The quantitative estimate of drug-likeness (QED) is 0.534. The predicted octanol–water partition coefficient (Wildman–Crippen LogP) is 4.30. The molecule has 0 amide bonds. The molecule has 4 rings (SSSR count). The topological polar surface area (TPSA) is 85.2 Å². The van der Waals surface area contributed by atoms with E-state index >= 15 is 0 Å². The van der Waals surface area contributed by atoms with Crippen molar-refractivity contribution in [2.45, 2.75) is 6.92 Å². The van der Waals surface area contributed by atoms with E-state index in [2.05, 4.69) is 14.3 Å². The molecule has 0 saturated carbocycles. The van der Waals surface area contributed by atoms with Crippen molar-refractivity contribution < 1.29 is 14.6 Å². The highest BCUT2D eigenvalue weighted by molar-refractivity contribution is 7.14. The van der Waals surface area contributed by atoms with Gasteiger partial charge in [-0.05, 0) is 30.6 Å². The number of nitrogens with zero attached hydrogens (tertiary/aromatic N) is 3. The van der Waals surface area contributed by atoms with Gasteiger partial charge < -0.3 is 9.84 Å². The van der Waals surface area contributed by atoms with Gasteiger partial charge in [0.25, 0.3) is 0 Å². The Morgan fingerprint density at radius 3 is 2.48 bits per heavy atom. The second-order valence-electron chi connectivity index (χ2n) is 5.72. The minimum absolute atomic E-state index is 0.117. The Bertz CT molecular complexity index is 1110. The molecular weight excluding hydrogens is 362 g/mol. The summed E-state index contributed by atoms with van der Waals surface area (Å²) in [7, 11) is 0. The molecule has 0 fully saturated rings. The fourth-order valence-corrected chi connectivity index (χ4v) is 3.76. The third kappa shape index (κ3) is 3.02. The van der Waals surface area contributed by atoms with Crippen molar-refractivity contribution in [3.63, 3.8) is 0 Å². The number of benzene rings is 1. The molecule has 27 heavy (non-hydrogen) atoms. The standard InChI is InChI=1S/C20H15N3O3S/c1-2-26-20(25)17-18(24)14-15(12-6-4-3-5-7-12)23-27-19(14)16(22-17)13-8-10-21-11-9-13/h3-11,24H,2H2,1H3. The highest BCUT2D eigenvalue weighted by Gasteiger charge is 2.25. The van der Waals surface area contributed by atoms with Crippen LogP contribution in [0.25, 0.3) is 32.6 Å². The number of aromatic hydroxyl groups is 1. The van der Waals surface area contributed by atoms with E-state index in [4.69, 9.17) is 4.74 Å². The molecule has 0 spiro atoms. The van der Waals surface area contributed by atoms with Gasteiger partial charge in [-0.3, -0.25) is 4.98 Å². The average Bonchev–Trinajstić information content (AvgIpc) is 3.15. The fourth-order valence-electron chi connectivity index (χ4n) is 2.85. The molecular formula is C20H15N3O3S. The molecule has 0 aliphatic rings. The Kier molecular flexibility index (Phi) is 4.52. The van der Waals surface area contributed by atoms with Crippen molar-refractivity contribution in [3.8, 4) is 28.3 Å². The normalized spacial score (nSPS) is 10.9. The number of aromatic nitrogens is 3. The molecule has 0 atom stereocenters. The monoisotopic (exact) mass is 377 g/mol. The number of pyridine rings is 2. The lowest BCUT2D eigenvalue weighted by atomic mass is 10.0. The van der Waals surface area contributed by atoms with Crippen LogP contribution in [0.2, 0.25) is 0 Å². The zero-order valence-corrected chi connectivity index (χ0v) is 15.2. The minimum Gasteiger partial charge on any atom is -0.505 e. The van der Waals surface area contributed by atoms with Gasteiger partial charge >= 0.3 is 5.97 Å². The van der Waals surface area contributed by atoms with E-state index in [-0.39, 0.29) is 18.1 Å². The maximum Gasteiger partial charge on any atom is 0.360 e. The lowest BCUT2D eigenvalue weighted by Crippen LogP contribution is -2.08. The number of hydrogen-bond donors (Lipinski definition) is 1. The highest BCUT2D eigenvalue weighted by Crippen LogP contribution is 2.42. The second-order valence-corrected chi connectivity index (χ2v) is 6.49. The first-order chi connectivity index (χ1) is 13.2. The van der Waals surface area contributed by atoms with Gasteiger partial charge in [-0.25, -0.2) is 9.78 Å². The summed E-state index contributed by atoms with van der Waals surface area (Å²) < 4.78 is 10.3. The van der Waals surface area contributed by atoms with Crippen molar-refractivity contribution in [1.29, 1.82) is 0 Å². The number of carbonyl (C=O) groups is 1. The van der Waals surface area contributed by atoms with E-state index in [0.717, 1.165) is 11.1 Å². The molecule has 0 radical (unpaired) electrons. The molecule has 1 aromatic carbocycles. The lowest BCUT2D eigenvalue weighted by molar-refractivity contribution is 0.0516. The molecule has 3 aromatic heterocycles. The molecule has 0 unspecified atom stereocenters. The minimum atomic E-state index is -0.669. The summed E-state index contributed by atoms with van der Waals surface area (Å²) in [5.74, 6) is -0.883. The van der Waals surface area contributed by atoms with Crippen LogP contribution in [0.4, 0.5) is 0 Å². The number of esters is 1. The first kappa shape index (κ1) is 17.1. The summed E-state index contributed by atoms with van der Waals surface area (Å²) in [6.45, 7) is 1.90. The highest BCUT2D eigenvalue weighted by atomic mass is 32.1. The van der Waals surface area contributed by atoms with Gasteiger partial charge in [0.2, 0.25) is 0 Å². The smallest absolute Gasteiger partial charge is 0.360 e. The van der Waals surface area contributed by atoms with E-state index < -0.39 is 5.97 Å². The van der Waals surface area contributed by atoms with Crippen molar-refractivity contribution in [3.05, 3.63) is 60.6 Å². The van der Waals surface area contributed by atoms with E-state index in [1.807, 2.05) is 30.3 Å². The van der Waals surface area contributed by atoms with Crippen molar-refractivity contribution >= 4 is 27.6 Å². The van der Waals surface area contributed by atoms with Crippen LogP contribution in [-0.2, 0) is 4.74 Å². The summed E-state index contributed by atoms with van der Waals surface area (Å²) in [6, 6.07) is 13.1. The van der Waals surface area contributed by atoms with Gasteiger partial charge in [0.15, 0.2) is 11.4 Å². The summed E-state index contributed by atoms with van der Waals surface area (Å²) in [6.07, 6.45) is 3.30. The van der Waals surface area contributed by atoms with Crippen molar-refractivity contribution in [1.82, 2.24) is 14.3 Å². The van der Waals surface area contributed by atoms with Gasteiger partial charge in [-0.15, -0.1) is 0 Å². The molecule has 0 aliphatic carbocycles. The number of carbonyl (C=O) groups excluding carboxylic acids is 1. The van der Waals surface area contributed by atoms with Crippen LogP contribution < -0.4 is 0 Å². The van der Waals surface area contributed by atoms with Gasteiger partial charge in [0.1, 0.15) is 0 Å². The lowest BCUT2D eigenvalue weighted by Gasteiger charge is -2.09. The third-order valence-corrected chi connectivity index (χ3v) is 4.92. The molecule has 134 valence electrons. The first-order valence-corrected chi connectivity index (χ1v) is 9.13. The molecule has 4 aromatic rings. The average molecular weight is 377 g/mol. The Hall–Kier alpha value is -3.32. The maximum atomic E-state index is 12.4. The van der Waals surface area contributed by atoms with Crippen LogP contribution in [0.3, 0.4) is 0 Å². The first-order valence-electron chi connectivity index (χ1n) is 8.36. The summed E-state index contributed by atoms with van der Waals surface area (Å²) in [5, 5.41) is 11.3. The molecule has 0 aliphatic heterocycles. The molecule has 0 bridgehead atoms. The Balaban J connectivity index is 2.05. The van der Waals surface area contributed by atoms with Crippen LogP contribution in [0, 0.1) is 0 Å². The molecule has 7 heteroatoms. The van der Waals surface area contributed by atoms with Crippen LogP contribution in [0.1, 0.15) is 17.4 Å². The van der Waals surface area contributed by atoms with Crippen molar-refractivity contribution in [2.24, 2.45) is 0 Å². The van der Waals surface area contributed by atoms with E-state index in [1.165, 1.54) is 11.5 Å². The number of ether oxygens (including phenoxy) is 1. The third-order valence-electron chi connectivity index (χ3n) is 4.06. The second kappa shape index (κ2) is 7.13. The van der Waals surface area contributed by atoms with Crippen LogP contribution >= 0.6 is 11.5 Å². The molecule has 1 N–H and O–H groups in total. The van der Waals surface area contributed by atoms with E-state index in [0.29, 0.717) is 21.5 Å². The van der Waals surface area contributed by atoms with Crippen molar-refractivity contribution in [2.75, 3.05) is 6.61 Å². The van der Waals surface area contributed by atoms with Gasteiger partial charge in [0, 0.05) is 23.5 Å². The number of rotatable bonds is 4.